The van der Waals surface area contributed by atoms with Gasteiger partial charge in [0, 0.05) is 6.61 Å². The summed E-state index contributed by atoms with van der Waals surface area (Å²) < 4.78 is 11.6. The fourth-order valence-corrected chi connectivity index (χ4v) is 2.98. The van der Waals surface area contributed by atoms with Crippen LogP contribution in [0, 0.1) is 0 Å². The van der Waals surface area contributed by atoms with Crippen molar-refractivity contribution >= 4 is 10.0 Å². The summed E-state index contributed by atoms with van der Waals surface area (Å²) in [5, 5.41) is 0. The van der Waals surface area contributed by atoms with Crippen LogP contribution in [-0.4, -0.2) is 16.6 Å². The number of hydrogen-bond acceptors (Lipinski definition) is 2. The minimum Gasteiger partial charge on any atom is -0.399 e. The molecule has 2 nitrogen and oxygen atoms in total. The van der Waals surface area contributed by atoms with Crippen molar-refractivity contribution < 1.29 is 8.85 Å². The van der Waals surface area contributed by atoms with E-state index in [1.165, 1.54) is 11.1 Å². The standard InChI is InChI=1S/C16H20O2Si/c1-2-13-17-19-18-16(14-9-5-3-6-10-14)15-11-7-4-8-12-15/h3-12,16H,2,13,19H2,1H3. The Morgan fingerprint density at radius 1 is 0.895 bits per heavy atom. The van der Waals surface area contributed by atoms with Crippen molar-refractivity contribution in [1.82, 2.24) is 0 Å². The van der Waals surface area contributed by atoms with E-state index in [9.17, 15) is 0 Å². The highest BCUT2D eigenvalue weighted by molar-refractivity contribution is 6.18. The van der Waals surface area contributed by atoms with Crippen LogP contribution >= 0.6 is 0 Å². The van der Waals surface area contributed by atoms with Crippen molar-refractivity contribution in [3.63, 3.8) is 0 Å². The van der Waals surface area contributed by atoms with Crippen LogP contribution in [0.3, 0.4) is 0 Å². The Labute approximate surface area is 117 Å². The molecule has 2 aromatic rings. The highest BCUT2D eigenvalue weighted by Crippen LogP contribution is 2.25. The normalized spacial score (nSPS) is 11.5. The molecule has 0 aliphatic heterocycles. The molecule has 2 rings (SSSR count). The molecule has 0 fully saturated rings. The summed E-state index contributed by atoms with van der Waals surface area (Å²) in [6.45, 7) is 2.91. The van der Waals surface area contributed by atoms with Crippen LogP contribution in [0.5, 0.6) is 0 Å². The molecule has 0 unspecified atom stereocenters. The van der Waals surface area contributed by atoms with Gasteiger partial charge in [0.1, 0.15) is 0 Å². The van der Waals surface area contributed by atoms with Gasteiger partial charge in [0.2, 0.25) is 0 Å². The van der Waals surface area contributed by atoms with Crippen LogP contribution in [0.2, 0.25) is 0 Å². The van der Waals surface area contributed by atoms with Gasteiger partial charge in [-0.2, -0.15) is 0 Å². The molecule has 0 heterocycles. The van der Waals surface area contributed by atoms with Crippen molar-refractivity contribution in [2.24, 2.45) is 0 Å². The molecule has 19 heavy (non-hydrogen) atoms. The first-order chi connectivity index (χ1) is 9.42. The molecule has 0 aliphatic carbocycles. The molecule has 100 valence electrons. The zero-order chi connectivity index (χ0) is 13.3. The van der Waals surface area contributed by atoms with Crippen LogP contribution in [0.25, 0.3) is 0 Å². The molecule has 0 N–H and O–H groups in total. The van der Waals surface area contributed by atoms with E-state index in [-0.39, 0.29) is 6.10 Å². The largest absolute Gasteiger partial charge is 0.399 e. The second kappa shape index (κ2) is 7.89. The minimum absolute atomic E-state index is 0.00840. The number of rotatable bonds is 7. The van der Waals surface area contributed by atoms with E-state index in [1.54, 1.807) is 0 Å². The lowest BCUT2D eigenvalue weighted by Gasteiger charge is -2.19. The zero-order valence-electron chi connectivity index (χ0n) is 11.3. The molecule has 0 aliphatic rings. The first-order valence-electron chi connectivity index (χ1n) is 6.71. The Kier molecular flexibility index (Phi) is 5.81. The summed E-state index contributed by atoms with van der Waals surface area (Å²) in [5.74, 6) is 0. The predicted octanol–water partition coefficient (Wildman–Crippen LogP) is 3.22. The van der Waals surface area contributed by atoms with Crippen molar-refractivity contribution in [2.75, 3.05) is 6.61 Å². The lowest BCUT2D eigenvalue weighted by molar-refractivity contribution is 0.182. The number of hydrogen-bond donors (Lipinski definition) is 0. The molecular weight excluding hydrogens is 252 g/mol. The summed E-state index contributed by atoms with van der Waals surface area (Å²) in [6, 6.07) is 20.6. The van der Waals surface area contributed by atoms with Crippen molar-refractivity contribution in [1.29, 1.82) is 0 Å². The van der Waals surface area contributed by atoms with Gasteiger partial charge in [0.25, 0.3) is 0 Å². The average molecular weight is 272 g/mol. The van der Waals surface area contributed by atoms with Gasteiger partial charge in [-0.15, -0.1) is 0 Å². The van der Waals surface area contributed by atoms with E-state index in [0.29, 0.717) is 0 Å². The summed E-state index contributed by atoms with van der Waals surface area (Å²) in [7, 11) is -0.935. The quantitative estimate of drug-likeness (QED) is 0.569. The lowest BCUT2D eigenvalue weighted by Crippen LogP contribution is -2.12. The third-order valence-corrected chi connectivity index (χ3v) is 3.80. The van der Waals surface area contributed by atoms with E-state index in [1.807, 2.05) is 36.4 Å². The Morgan fingerprint density at radius 2 is 1.42 bits per heavy atom. The molecule has 0 saturated heterocycles. The van der Waals surface area contributed by atoms with Gasteiger partial charge >= 0.3 is 10.0 Å². The van der Waals surface area contributed by atoms with Crippen molar-refractivity contribution in [2.45, 2.75) is 19.4 Å². The summed E-state index contributed by atoms with van der Waals surface area (Å²) in [4.78, 5) is 0. The monoisotopic (exact) mass is 272 g/mol. The third-order valence-electron chi connectivity index (χ3n) is 2.87. The summed E-state index contributed by atoms with van der Waals surface area (Å²) in [5.41, 5.74) is 2.36. The van der Waals surface area contributed by atoms with Crippen LogP contribution in [0.1, 0.15) is 30.6 Å². The van der Waals surface area contributed by atoms with Crippen LogP contribution in [-0.2, 0) is 8.85 Å². The smallest absolute Gasteiger partial charge is 0.305 e. The Morgan fingerprint density at radius 3 is 1.89 bits per heavy atom. The fourth-order valence-electron chi connectivity index (χ4n) is 1.96. The van der Waals surface area contributed by atoms with Gasteiger partial charge in [0.15, 0.2) is 0 Å². The molecule has 0 radical (unpaired) electrons. The van der Waals surface area contributed by atoms with Crippen LogP contribution < -0.4 is 0 Å². The third kappa shape index (κ3) is 4.31. The molecule has 0 amide bonds. The Balaban J connectivity index is 2.10. The van der Waals surface area contributed by atoms with Crippen LogP contribution in [0.4, 0.5) is 0 Å². The SMILES string of the molecule is CCCO[SiH2]OC(c1ccccc1)c1ccccc1. The van der Waals surface area contributed by atoms with Gasteiger partial charge in [-0.05, 0) is 17.5 Å². The predicted molar refractivity (Wildman–Crippen MR) is 80.6 cm³/mol. The van der Waals surface area contributed by atoms with E-state index in [4.69, 9.17) is 8.85 Å². The molecule has 2 aromatic carbocycles. The second-order valence-electron chi connectivity index (χ2n) is 4.39. The fraction of sp³-hybridized carbons (Fsp3) is 0.250. The molecule has 0 aromatic heterocycles. The Hall–Kier alpha value is -1.42. The number of benzene rings is 2. The highest BCUT2D eigenvalue weighted by Gasteiger charge is 2.13. The van der Waals surface area contributed by atoms with Crippen molar-refractivity contribution in [3.05, 3.63) is 71.8 Å². The van der Waals surface area contributed by atoms with Gasteiger partial charge in [0.05, 0.1) is 6.10 Å². The highest BCUT2D eigenvalue weighted by atomic mass is 28.3. The van der Waals surface area contributed by atoms with Crippen molar-refractivity contribution in [3.8, 4) is 0 Å². The molecule has 0 spiro atoms. The first kappa shape index (κ1) is 14.0. The maximum Gasteiger partial charge on any atom is 0.305 e. The van der Waals surface area contributed by atoms with Gasteiger partial charge < -0.3 is 8.85 Å². The van der Waals surface area contributed by atoms with E-state index in [2.05, 4.69) is 31.2 Å². The van der Waals surface area contributed by atoms with Gasteiger partial charge in [-0.1, -0.05) is 67.6 Å². The summed E-state index contributed by atoms with van der Waals surface area (Å²) in [6.07, 6.45) is 1.03. The maximum absolute atomic E-state index is 6.03. The molecule has 0 saturated carbocycles. The van der Waals surface area contributed by atoms with Crippen LogP contribution in [0.15, 0.2) is 60.7 Å². The second-order valence-corrected chi connectivity index (χ2v) is 5.37. The average Bonchev–Trinajstić information content (AvgIpc) is 2.49. The molecule has 0 atom stereocenters. The Bertz CT molecular complexity index is 419. The molecular formula is C16H20O2Si. The maximum atomic E-state index is 6.03. The van der Waals surface area contributed by atoms with E-state index in [0.717, 1.165) is 13.0 Å². The topological polar surface area (TPSA) is 18.5 Å². The van der Waals surface area contributed by atoms with Gasteiger partial charge in [-0.3, -0.25) is 0 Å². The summed E-state index contributed by atoms with van der Waals surface area (Å²) >= 11 is 0. The molecule has 0 bridgehead atoms. The lowest BCUT2D eigenvalue weighted by atomic mass is 10.0. The van der Waals surface area contributed by atoms with E-state index < -0.39 is 10.0 Å². The van der Waals surface area contributed by atoms with E-state index >= 15 is 0 Å². The molecule has 3 heteroatoms. The first-order valence-corrected chi connectivity index (χ1v) is 7.86. The van der Waals surface area contributed by atoms with Gasteiger partial charge in [-0.25, -0.2) is 0 Å². The minimum atomic E-state index is -0.935. The zero-order valence-corrected chi connectivity index (χ0v) is 12.7.